The molecule has 3 amide bonds. The van der Waals surface area contributed by atoms with Gasteiger partial charge in [0.05, 0.1) is 19.9 Å². The number of urea groups is 1. The fraction of sp³-hybridized carbons (Fsp3) is 0.300. The van der Waals surface area contributed by atoms with E-state index in [9.17, 15) is 23.1 Å². The largest absolute Gasteiger partial charge is 0.506 e. The van der Waals surface area contributed by atoms with Crippen molar-refractivity contribution in [2.75, 3.05) is 31.6 Å². The normalized spacial score (nSPS) is 14.6. The highest BCUT2D eigenvalue weighted by Crippen LogP contribution is 2.31. The Morgan fingerprint density at radius 2 is 1.94 bits per heavy atom. The highest BCUT2D eigenvalue weighted by molar-refractivity contribution is 7.92. The predicted octanol–water partition coefficient (Wildman–Crippen LogP) is 0.632. The summed E-state index contributed by atoms with van der Waals surface area (Å²) in [4.78, 5) is 23.4. The first kappa shape index (κ1) is 23.0. The lowest BCUT2D eigenvalue weighted by Crippen LogP contribution is -2.36. The summed E-state index contributed by atoms with van der Waals surface area (Å²) in [5.41, 5.74) is 1.47. The molecule has 0 spiro atoms. The summed E-state index contributed by atoms with van der Waals surface area (Å²) in [5, 5.41) is 15.7. The third-order valence-corrected chi connectivity index (χ3v) is 6.15. The highest BCUT2D eigenvalue weighted by atomic mass is 32.2. The summed E-state index contributed by atoms with van der Waals surface area (Å²) in [5.74, 6) is 0.293. The van der Waals surface area contributed by atoms with Gasteiger partial charge in [-0.15, -0.1) is 0 Å². The van der Waals surface area contributed by atoms with E-state index in [2.05, 4.69) is 10.6 Å². The number of anilines is 1. The molecule has 32 heavy (non-hydrogen) atoms. The molecule has 2 aromatic carbocycles. The molecule has 0 unspecified atom stereocenters. The number of methoxy groups -OCH3 is 2. The SMILES string of the molecule is COc1ccc(CNC(=O)NCCc2ccc(N3CC(=O)NS3(=O)=O)c(O)c2)c(OC)c1. The molecule has 0 bridgehead atoms. The zero-order chi connectivity index (χ0) is 23.3. The number of rotatable bonds is 8. The summed E-state index contributed by atoms with van der Waals surface area (Å²) in [6.45, 7) is 0.147. The minimum Gasteiger partial charge on any atom is -0.506 e. The number of benzene rings is 2. The van der Waals surface area contributed by atoms with E-state index in [-0.39, 0.29) is 30.6 Å². The number of carbonyl (C=O) groups excluding carboxylic acids is 2. The maximum atomic E-state index is 12.1. The van der Waals surface area contributed by atoms with Gasteiger partial charge in [-0.2, -0.15) is 8.42 Å². The molecule has 11 nitrogen and oxygen atoms in total. The van der Waals surface area contributed by atoms with Crippen molar-refractivity contribution in [3.05, 3.63) is 47.5 Å². The number of aromatic hydroxyl groups is 1. The molecule has 1 fully saturated rings. The van der Waals surface area contributed by atoms with Gasteiger partial charge in [0.15, 0.2) is 0 Å². The molecule has 0 radical (unpaired) electrons. The molecule has 0 aromatic heterocycles. The molecule has 3 rings (SSSR count). The van der Waals surface area contributed by atoms with Crippen LogP contribution in [-0.4, -0.2) is 52.8 Å². The van der Waals surface area contributed by atoms with E-state index < -0.39 is 22.7 Å². The first-order chi connectivity index (χ1) is 15.2. The van der Waals surface area contributed by atoms with Crippen molar-refractivity contribution in [2.24, 2.45) is 0 Å². The molecule has 1 heterocycles. The molecule has 1 saturated heterocycles. The Balaban J connectivity index is 1.51. The molecular formula is C20H24N4O7S. The molecule has 172 valence electrons. The second-order valence-corrected chi connectivity index (χ2v) is 8.49. The van der Waals surface area contributed by atoms with Crippen molar-refractivity contribution < 1.29 is 32.6 Å². The molecular weight excluding hydrogens is 440 g/mol. The molecule has 1 aliphatic heterocycles. The van der Waals surface area contributed by atoms with E-state index >= 15 is 0 Å². The van der Waals surface area contributed by atoms with Crippen LogP contribution in [0.25, 0.3) is 0 Å². The van der Waals surface area contributed by atoms with Gasteiger partial charge >= 0.3 is 16.2 Å². The summed E-state index contributed by atoms with van der Waals surface area (Å²) >= 11 is 0. The van der Waals surface area contributed by atoms with Gasteiger partial charge in [-0.3, -0.25) is 4.79 Å². The second-order valence-electron chi connectivity index (χ2n) is 6.90. The van der Waals surface area contributed by atoms with E-state index in [0.29, 0.717) is 23.5 Å². The summed E-state index contributed by atoms with van der Waals surface area (Å²) in [7, 11) is -0.909. The molecule has 1 aliphatic rings. The Bertz CT molecular complexity index is 1120. The number of carbonyl (C=O) groups is 2. The summed E-state index contributed by atoms with van der Waals surface area (Å²) in [6.07, 6.45) is 0.400. The van der Waals surface area contributed by atoms with Gasteiger partial charge in [0.2, 0.25) is 0 Å². The molecule has 0 atom stereocenters. The Morgan fingerprint density at radius 1 is 1.16 bits per heavy atom. The van der Waals surface area contributed by atoms with Crippen molar-refractivity contribution in [1.29, 1.82) is 0 Å². The Hall–Kier alpha value is -3.67. The first-order valence-corrected chi connectivity index (χ1v) is 11.1. The van der Waals surface area contributed by atoms with Crippen LogP contribution >= 0.6 is 0 Å². The number of nitrogens with one attached hydrogen (secondary N) is 3. The third kappa shape index (κ3) is 5.32. The Labute approximate surface area is 185 Å². The first-order valence-electron chi connectivity index (χ1n) is 9.61. The van der Waals surface area contributed by atoms with Crippen LogP contribution in [0.5, 0.6) is 17.2 Å². The van der Waals surface area contributed by atoms with E-state index in [0.717, 1.165) is 9.87 Å². The lowest BCUT2D eigenvalue weighted by molar-refractivity contribution is -0.117. The number of hydrogen-bond donors (Lipinski definition) is 4. The van der Waals surface area contributed by atoms with E-state index in [4.69, 9.17) is 9.47 Å². The topological polar surface area (TPSA) is 146 Å². The second kappa shape index (κ2) is 9.64. The lowest BCUT2D eigenvalue weighted by atomic mass is 10.1. The van der Waals surface area contributed by atoms with Gasteiger partial charge in [0.1, 0.15) is 23.8 Å². The van der Waals surface area contributed by atoms with Gasteiger partial charge in [-0.05, 0) is 36.2 Å². The van der Waals surface area contributed by atoms with Gasteiger partial charge < -0.3 is 25.2 Å². The van der Waals surface area contributed by atoms with Crippen LogP contribution < -0.4 is 29.1 Å². The smallest absolute Gasteiger partial charge is 0.326 e. The van der Waals surface area contributed by atoms with Crippen LogP contribution in [0.2, 0.25) is 0 Å². The van der Waals surface area contributed by atoms with Gasteiger partial charge in [0, 0.05) is 24.7 Å². The third-order valence-electron chi connectivity index (χ3n) is 4.76. The molecule has 0 saturated carbocycles. The van der Waals surface area contributed by atoms with Crippen LogP contribution in [0, 0.1) is 0 Å². The zero-order valence-electron chi connectivity index (χ0n) is 17.5. The van der Waals surface area contributed by atoms with E-state index in [1.165, 1.54) is 19.2 Å². The minimum atomic E-state index is -4.00. The summed E-state index contributed by atoms with van der Waals surface area (Å²) < 4.78 is 36.9. The maximum Gasteiger partial charge on any atom is 0.326 e. The van der Waals surface area contributed by atoms with Gasteiger partial charge in [0.25, 0.3) is 5.91 Å². The van der Waals surface area contributed by atoms with E-state index in [1.807, 2.05) is 4.72 Å². The Kier molecular flexibility index (Phi) is 6.93. The number of amides is 3. The number of hydrogen-bond acceptors (Lipinski definition) is 7. The monoisotopic (exact) mass is 464 g/mol. The maximum absolute atomic E-state index is 12.1. The average molecular weight is 465 g/mol. The molecule has 2 aromatic rings. The molecule has 0 aliphatic carbocycles. The highest BCUT2D eigenvalue weighted by Gasteiger charge is 2.35. The van der Waals surface area contributed by atoms with Crippen molar-refractivity contribution in [2.45, 2.75) is 13.0 Å². The summed E-state index contributed by atoms with van der Waals surface area (Å²) in [6, 6.07) is 9.35. The standard InChI is InChI=1S/C20H24N4O7S/c1-30-15-5-4-14(18(10-15)31-2)11-22-20(27)21-8-7-13-3-6-16(17(25)9-13)24-12-19(26)23-32(24,28)29/h3-6,9-10,25H,7-8,11-12H2,1-2H3,(H,23,26)(H2,21,22,27). The van der Waals surface area contributed by atoms with Crippen LogP contribution in [-0.2, 0) is 28.0 Å². The van der Waals surface area contributed by atoms with Crippen molar-refractivity contribution in [1.82, 2.24) is 15.4 Å². The average Bonchev–Trinajstić information content (AvgIpc) is 3.03. The quantitative estimate of drug-likeness (QED) is 0.448. The lowest BCUT2D eigenvalue weighted by Gasteiger charge is -2.16. The van der Waals surface area contributed by atoms with Crippen LogP contribution in [0.1, 0.15) is 11.1 Å². The molecule has 4 N–H and O–H groups in total. The van der Waals surface area contributed by atoms with Crippen LogP contribution in [0.4, 0.5) is 10.5 Å². The van der Waals surface area contributed by atoms with Gasteiger partial charge in [-0.25, -0.2) is 13.8 Å². The van der Waals surface area contributed by atoms with E-state index in [1.54, 1.807) is 31.4 Å². The van der Waals surface area contributed by atoms with Crippen molar-refractivity contribution in [3.8, 4) is 17.2 Å². The predicted molar refractivity (Wildman–Crippen MR) is 116 cm³/mol. The number of phenols is 1. The van der Waals surface area contributed by atoms with Crippen LogP contribution in [0.3, 0.4) is 0 Å². The molecule has 12 heteroatoms. The number of nitrogens with zero attached hydrogens (tertiary/aromatic N) is 1. The number of phenolic OH excluding ortho intramolecular Hbond substituents is 1. The fourth-order valence-electron chi connectivity index (χ4n) is 3.15. The minimum absolute atomic E-state index is 0.00578. The van der Waals surface area contributed by atoms with Crippen LogP contribution in [0.15, 0.2) is 36.4 Å². The zero-order valence-corrected chi connectivity index (χ0v) is 18.4. The van der Waals surface area contributed by atoms with Gasteiger partial charge in [-0.1, -0.05) is 6.07 Å². The van der Waals surface area contributed by atoms with Crippen molar-refractivity contribution in [3.63, 3.8) is 0 Å². The fourth-order valence-corrected chi connectivity index (χ4v) is 4.32. The Morgan fingerprint density at radius 3 is 2.56 bits per heavy atom. The number of ether oxygens (including phenoxy) is 2. The van der Waals surface area contributed by atoms with Crippen molar-refractivity contribution >= 4 is 27.8 Å².